The van der Waals surface area contributed by atoms with Gasteiger partial charge in [-0.3, -0.25) is 0 Å². The minimum absolute atomic E-state index is 0.0235. The lowest BCUT2D eigenvalue weighted by atomic mass is 9.65. The highest BCUT2D eigenvalue weighted by Gasteiger charge is 2.49. The molecule has 0 aromatic carbocycles. The maximum atomic E-state index is 11.6. The molecule has 2 aliphatic heterocycles. The highest BCUT2D eigenvalue weighted by atomic mass is 16.5. The quantitative estimate of drug-likeness (QED) is 0.920. The van der Waals surface area contributed by atoms with Crippen molar-refractivity contribution < 1.29 is 19.4 Å². The number of fused-ring (bicyclic) bond motifs is 4. The number of hydrogen-bond acceptors (Lipinski definition) is 4. The van der Waals surface area contributed by atoms with Crippen LogP contribution in [0.4, 0.5) is 0 Å². The lowest BCUT2D eigenvalue weighted by molar-refractivity contribution is -0.146. The lowest BCUT2D eigenvalue weighted by Crippen LogP contribution is -2.51. The molecule has 1 N–H and O–H groups in total. The van der Waals surface area contributed by atoms with Gasteiger partial charge in [0.15, 0.2) is 0 Å². The van der Waals surface area contributed by atoms with Crippen molar-refractivity contribution in [2.75, 3.05) is 6.61 Å². The fraction of sp³-hybridized carbons (Fsp3) is 0.579. The van der Waals surface area contributed by atoms with E-state index < -0.39 is 5.97 Å². The predicted molar refractivity (Wildman–Crippen MR) is 92.4 cm³/mol. The molecule has 6 nitrogen and oxygen atoms in total. The third-order valence-corrected chi connectivity index (χ3v) is 5.65. The Morgan fingerprint density at radius 3 is 2.60 bits per heavy atom. The number of aromatic nitrogens is 2. The Hall–Kier alpha value is -2.08. The van der Waals surface area contributed by atoms with E-state index in [1.807, 2.05) is 20.0 Å². The number of nitrogens with zero attached hydrogens (tertiary/aromatic N) is 2. The van der Waals surface area contributed by atoms with Crippen LogP contribution in [0.2, 0.25) is 0 Å². The number of rotatable bonds is 4. The molecule has 0 spiro atoms. The van der Waals surface area contributed by atoms with Crippen LogP contribution in [0.15, 0.2) is 18.5 Å². The fourth-order valence-corrected chi connectivity index (χ4v) is 3.97. The summed E-state index contributed by atoms with van der Waals surface area (Å²) in [6.45, 7) is 6.64. The van der Waals surface area contributed by atoms with Crippen LogP contribution >= 0.6 is 0 Å². The Morgan fingerprint density at radius 2 is 2.04 bits per heavy atom. The molecule has 0 atom stereocenters. The summed E-state index contributed by atoms with van der Waals surface area (Å²) < 4.78 is 13.6. The van der Waals surface area contributed by atoms with E-state index in [4.69, 9.17) is 14.5 Å². The van der Waals surface area contributed by atoms with Gasteiger partial charge in [0.2, 0.25) is 0 Å². The molecule has 134 valence electrons. The van der Waals surface area contributed by atoms with Gasteiger partial charge in [-0.15, -0.1) is 0 Å². The molecule has 4 heterocycles. The number of pyridine rings is 1. The zero-order chi connectivity index (χ0) is 17.8. The maximum absolute atomic E-state index is 11.6. The van der Waals surface area contributed by atoms with Crippen LogP contribution in [0.5, 0.6) is 5.75 Å². The first-order valence-electron chi connectivity index (χ1n) is 8.87. The highest BCUT2D eigenvalue weighted by molar-refractivity contribution is 5.91. The van der Waals surface area contributed by atoms with Crippen molar-refractivity contribution in [2.45, 2.75) is 63.6 Å². The predicted octanol–water partition coefficient (Wildman–Crippen LogP) is 3.42. The Morgan fingerprint density at radius 1 is 1.32 bits per heavy atom. The molecule has 1 aliphatic carbocycles. The van der Waals surface area contributed by atoms with E-state index in [-0.39, 0.29) is 22.7 Å². The maximum Gasteiger partial charge on any atom is 0.341 e. The average Bonchev–Trinajstić information content (AvgIpc) is 2.98. The second kappa shape index (κ2) is 5.46. The van der Waals surface area contributed by atoms with Crippen molar-refractivity contribution in [3.8, 4) is 5.75 Å². The summed E-state index contributed by atoms with van der Waals surface area (Å²) in [4.78, 5) is 16.4. The van der Waals surface area contributed by atoms with Crippen LogP contribution in [-0.2, 0) is 10.2 Å². The molecule has 0 amide bonds. The van der Waals surface area contributed by atoms with Gasteiger partial charge in [0.05, 0.1) is 24.0 Å². The van der Waals surface area contributed by atoms with E-state index in [1.165, 1.54) is 0 Å². The van der Waals surface area contributed by atoms with Crippen molar-refractivity contribution in [3.05, 3.63) is 29.7 Å². The minimum Gasteiger partial charge on any atom is -0.490 e. The van der Waals surface area contributed by atoms with Crippen molar-refractivity contribution in [3.63, 3.8) is 0 Å². The number of carboxylic acid groups (broad SMARTS) is 1. The molecule has 6 heteroatoms. The molecule has 0 radical (unpaired) electrons. The van der Waals surface area contributed by atoms with Crippen LogP contribution in [0.3, 0.4) is 0 Å². The first kappa shape index (κ1) is 16.4. The zero-order valence-corrected chi connectivity index (χ0v) is 14.9. The molecule has 25 heavy (non-hydrogen) atoms. The zero-order valence-electron chi connectivity index (χ0n) is 14.9. The largest absolute Gasteiger partial charge is 0.490 e. The molecule has 2 aromatic rings. The topological polar surface area (TPSA) is 73.1 Å². The number of ether oxygens (including phenoxy) is 2. The number of carboxylic acids is 1. The van der Waals surface area contributed by atoms with E-state index in [1.54, 1.807) is 16.7 Å². The molecular weight excluding hydrogens is 320 g/mol. The Kier molecular flexibility index (Phi) is 3.58. The molecule has 1 saturated carbocycles. The van der Waals surface area contributed by atoms with Gasteiger partial charge in [-0.05, 0) is 46.5 Å². The van der Waals surface area contributed by atoms with Crippen molar-refractivity contribution in [1.82, 2.24) is 9.38 Å². The van der Waals surface area contributed by atoms with Gasteiger partial charge in [-0.1, -0.05) is 0 Å². The molecule has 3 fully saturated rings. The SMILES string of the molecule is CC(C)Oc1cc2nc(C34CCC(C)(CC3)OC4)cn2cc1C(=O)O. The van der Waals surface area contributed by atoms with Crippen LogP contribution in [0.1, 0.15) is 62.5 Å². The van der Waals surface area contributed by atoms with Crippen LogP contribution in [0, 0.1) is 0 Å². The molecule has 0 unspecified atom stereocenters. The highest BCUT2D eigenvalue weighted by Crippen LogP contribution is 2.49. The summed E-state index contributed by atoms with van der Waals surface area (Å²) in [5.74, 6) is -0.638. The first-order chi connectivity index (χ1) is 11.8. The molecule has 2 bridgehead atoms. The second-order valence-electron chi connectivity index (χ2n) is 7.93. The first-order valence-corrected chi connectivity index (χ1v) is 8.87. The summed E-state index contributed by atoms with van der Waals surface area (Å²) >= 11 is 0. The van der Waals surface area contributed by atoms with Gasteiger partial charge in [0.1, 0.15) is 17.0 Å². The standard InChI is InChI=1S/C19H24N2O4/c1-12(2)25-14-8-16-20-15(10-21(16)9-13(14)17(22)23)19-6-4-18(3,5-7-19)24-11-19/h8-10,12H,4-7,11H2,1-3H3,(H,22,23). The van der Waals surface area contributed by atoms with Crippen LogP contribution in [-0.4, -0.2) is 38.8 Å². The number of hydrogen-bond donors (Lipinski definition) is 1. The molecule has 5 rings (SSSR count). The van der Waals surface area contributed by atoms with Crippen molar-refractivity contribution >= 4 is 11.6 Å². The van der Waals surface area contributed by atoms with Crippen molar-refractivity contribution in [2.24, 2.45) is 0 Å². The second-order valence-corrected chi connectivity index (χ2v) is 7.93. The third kappa shape index (κ3) is 2.68. The third-order valence-electron chi connectivity index (χ3n) is 5.65. The fourth-order valence-electron chi connectivity index (χ4n) is 3.97. The van der Waals surface area contributed by atoms with Crippen LogP contribution in [0.25, 0.3) is 5.65 Å². The summed E-state index contributed by atoms with van der Waals surface area (Å²) in [5, 5.41) is 9.49. The summed E-state index contributed by atoms with van der Waals surface area (Å²) in [7, 11) is 0. The van der Waals surface area contributed by atoms with E-state index >= 15 is 0 Å². The van der Waals surface area contributed by atoms with E-state index in [0.717, 1.165) is 31.4 Å². The number of carbonyl (C=O) groups is 1. The summed E-state index contributed by atoms with van der Waals surface area (Å²) in [6.07, 6.45) is 7.67. The average molecular weight is 344 g/mol. The van der Waals surface area contributed by atoms with Gasteiger partial charge in [-0.25, -0.2) is 9.78 Å². The Bertz CT molecular complexity index is 815. The summed E-state index contributed by atoms with van der Waals surface area (Å²) in [5.41, 5.74) is 1.83. The molecule has 2 aromatic heterocycles. The number of imidazole rings is 1. The van der Waals surface area contributed by atoms with Gasteiger partial charge in [0, 0.05) is 23.9 Å². The smallest absolute Gasteiger partial charge is 0.341 e. The molecule has 3 aliphatic rings. The normalized spacial score (nSPS) is 28.6. The Balaban J connectivity index is 1.76. The Labute approximate surface area is 146 Å². The summed E-state index contributed by atoms with van der Waals surface area (Å²) in [6, 6.07) is 1.72. The molecule has 2 saturated heterocycles. The van der Waals surface area contributed by atoms with Gasteiger partial charge < -0.3 is 19.0 Å². The van der Waals surface area contributed by atoms with E-state index in [9.17, 15) is 9.90 Å². The lowest BCUT2D eigenvalue weighted by Gasteiger charge is -2.51. The van der Waals surface area contributed by atoms with Crippen LogP contribution < -0.4 is 4.74 Å². The minimum atomic E-state index is -1.000. The number of aromatic carboxylic acids is 1. The van der Waals surface area contributed by atoms with Gasteiger partial charge >= 0.3 is 5.97 Å². The molecular formula is C19H24N2O4. The van der Waals surface area contributed by atoms with E-state index in [0.29, 0.717) is 18.0 Å². The van der Waals surface area contributed by atoms with E-state index in [2.05, 4.69) is 6.92 Å². The van der Waals surface area contributed by atoms with Gasteiger partial charge in [0.25, 0.3) is 0 Å². The van der Waals surface area contributed by atoms with Gasteiger partial charge in [-0.2, -0.15) is 0 Å². The monoisotopic (exact) mass is 344 g/mol. The van der Waals surface area contributed by atoms with Crippen molar-refractivity contribution in [1.29, 1.82) is 0 Å².